The Bertz CT molecular complexity index is 1030. The van der Waals surface area contributed by atoms with Crippen molar-refractivity contribution in [2.75, 3.05) is 36.8 Å². The molecule has 6 rings (SSSR count). The Hall–Kier alpha value is -2.12. The number of aryl methyl sites for hydroxylation is 1. The summed E-state index contributed by atoms with van der Waals surface area (Å²) in [5.74, 6) is 1.92. The molecule has 150 valence electrons. The summed E-state index contributed by atoms with van der Waals surface area (Å²) < 4.78 is 2.18. The first-order valence-electron chi connectivity index (χ1n) is 10.7. The first kappa shape index (κ1) is 17.7. The van der Waals surface area contributed by atoms with E-state index in [1.807, 2.05) is 12.5 Å². The molecule has 3 aliphatic heterocycles. The number of imidazole rings is 1. The van der Waals surface area contributed by atoms with Gasteiger partial charge in [0.1, 0.15) is 11.8 Å². The Kier molecular flexibility index (Phi) is 4.45. The van der Waals surface area contributed by atoms with E-state index in [0.717, 1.165) is 30.7 Å². The maximum absolute atomic E-state index is 4.38. The molecule has 0 radical (unpaired) electrons. The van der Waals surface area contributed by atoms with E-state index in [-0.39, 0.29) is 0 Å². The van der Waals surface area contributed by atoms with E-state index in [0.29, 0.717) is 12.0 Å². The van der Waals surface area contributed by atoms with Gasteiger partial charge in [-0.2, -0.15) is 0 Å². The molecule has 0 amide bonds. The quantitative estimate of drug-likeness (QED) is 0.662. The lowest BCUT2D eigenvalue weighted by Crippen LogP contribution is -2.46. The van der Waals surface area contributed by atoms with Gasteiger partial charge in [0.05, 0.1) is 18.2 Å². The topological polar surface area (TPSA) is 50.1 Å². The first-order valence-corrected chi connectivity index (χ1v) is 11.7. The summed E-state index contributed by atoms with van der Waals surface area (Å²) in [6.07, 6.45) is 9.04. The highest BCUT2D eigenvalue weighted by atomic mass is 32.2. The van der Waals surface area contributed by atoms with Crippen LogP contribution in [0.25, 0.3) is 11.2 Å². The second-order valence-corrected chi connectivity index (χ2v) is 9.51. The predicted molar refractivity (Wildman–Crippen MR) is 117 cm³/mol. The van der Waals surface area contributed by atoms with E-state index in [1.165, 1.54) is 43.1 Å². The van der Waals surface area contributed by atoms with Crippen molar-refractivity contribution in [3.63, 3.8) is 0 Å². The van der Waals surface area contributed by atoms with Crippen molar-refractivity contribution in [3.8, 4) is 0 Å². The Labute approximate surface area is 175 Å². The molecule has 0 saturated carbocycles. The van der Waals surface area contributed by atoms with E-state index in [4.69, 9.17) is 0 Å². The number of piperidine rings is 1. The van der Waals surface area contributed by atoms with Crippen LogP contribution in [0.2, 0.25) is 0 Å². The molecule has 7 heteroatoms. The standard InChI is InChI=1S/C22H26N6S/c1-4-16-17-13-26(7-2-8-27-15-25-22-19(27)12-23-14-24-22)10-6-18(17)28-9-3-11-29-20(5-1)21(16)28/h1,4-5,12,14-15,17-18H,2-3,6-11,13H2/t17-,18-/m0/s1. The van der Waals surface area contributed by atoms with Crippen LogP contribution in [-0.4, -0.2) is 62.4 Å². The van der Waals surface area contributed by atoms with Crippen LogP contribution in [0.3, 0.4) is 0 Å². The number of benzene rings is 1. The zero-order valence-electron chi connectivity index (χ0n) is 16.6. The fourth-order valence-corrected chi connectivity index (χ4v) is 6.50. The monoisotopic (exact) mass is 406 g/mol. The van der Waals surface area contributed by atoms with Gasteiger partial charge in [-0.25, -0.2) is 15.0 Å². The SMILES string of the molecule is c1cc2c3c(c1)[C@@H]1CN(CCCn4cnc5ncncc54)CC[C@@H]1N3CCCS2. The Balaban J connectivity index is 1.15. The van der Waals surface area contributed by atoms with Gasteiger partial charge in [0.25, 0.3) is 0 Å². The lowest BCUT2D eigenvalue weighted by Gasteiger charge is -2.39. The number of hydrogen-bond acceptors (Lipinski definition) is 6. The van der Waals surface area contributed by atoms with Crippen molar-refractivity contribution in [3.05, 3.63) is 42.6 Å². The fraction of sp³-hybridized carbons (Fsp3) is 0.500. The molecule has 3 aliphatic rings. The molecule has 0 aliphatic carbocycles. The third kappa shape index (κ3) is 3.02. The zero-order valence-corrected chi connectivity index (χ0v) is 17.4. The summed E-state index contributed by atoms with van der Waals surface area (Å²) in [4.78, 5) is 19.7. The van der Waals surface area contributed by atoms with Crippen molar-refractivity contribution in [2.45, 2.75) is 42.7 Å². The van der Waals surface area contributed by atoms with Crippen LogP contribution in [-0.2, 0) is 6.54 Å². The molecule has 0 N–H and O–H groups in total. The summed E-state index contributed by atoms with van der Waals surface area (Å²) in [6.45, 7) is 5.74. The predicted octanol–water partition coefficient (Wildman–Crippen LogP) is 3.39. The Morgan fingerprint density at radius 1 is 1.14 bits per heavy atom. The molecular weight excluding hydrogens is 380 g/mol. The highest BCUT2D eigenvalue weighted by Gasteiger charge is 2.43. The van der Waals surface area contributed by atoms with Gasteiger partial charge in [-0.15, -0.1) is 11.8 Å². The largest absolute Gasteiger partial charge is 0.367 e. The minimum atomic E-state index is 0.667. The van der Waals surface area contributed by atoms with E-state index in [9.17, 15) is 0 Å². The third-order valence-corrected chi connectivity index (χ3v) is 7.89. The van der Waals surface area contributed by atoms with E-state index >= 15 is 0 Å². The highest BCUT2D eigenvalue weighted by molar-refractivity contribution is 7.99. The summed E-state index contributed by atoms with van der Waals surface area (Å²) in [5.41, 5.74) is 4.99. The summed E-state index contributed by atoms with van der Waals surface area (Å²) in [5, 5.41) is 0. The molecule has 1 saturated heterocycles. The van der Waals surface area contributed by atoms with E-state index in [1.54, 1.807) is 17.6 Å². The molecule has 3 aromatic rings. The van der Waals surface area contributed by atoms with Crippen LogP contribution in [0.4, 0.5) is 5.69 Å². The van der Waals surface area contributed by atoms with Crippen LogP contribution >= 0.6 is 11.8 Å². The van der Waals surface area contributed by atoms with Gasteiger partial charge < -0.3 is 14.4 Å². The number of anilines is 1. The third-order valence-electron chi connectivity index (χ3n) is 6.75. The summed E-state index contributed by atoms with van der Waals surface area (Å²) in [7, 11) is 0. The lowest BCUT2D eigenvalue weighted by atomic mass is 9.89. The van der Waals surface area contributed by atoms with Crippen molar-refractivity contribution < 1.29 is 0 Å². The van der Waals surface area contributed by atoms with E-state index in [2.05, 4.69) is 59.3 Å². The molecule has 0 bridgehead atoms. The second-order valence-electron chi connectivity index (χ2n) is 8.38. The maximum Gasteiger partial charge on any atom is 0.180 e. The van der Waals surface area contributed by atoms with Gasteiger partial charge in [0.15, 0.2) is 5.65 Å². The molecule has 6 nitrogen and oxygen atoms in total. The number of rotatable bonds is 4. The number of nitrogens with zero attached hydrogens (tertiary/aromatic N) is 6. The fourth-order valence-electron chi connectivity index (χ4n) is 5.46. The van der Waals surface area contributed by atoms with Gasteiger partial charge in [0, 0.05) is 43.0 Å². The zero-order chi connectivity index (χ0) is 19.2. The molecule has 29 heavy (non-hydrogen) atoms. The molecule has 1 fully saturated rings. The number of para-hydroxylation sites is 1. The second kappa shape index (κ2) is 7.29. The van der Waals surface area contributed by atoms with Gasteiger partial charge in [-0.05, 0) is 43.2 Å². The van der Waals surface area contributed by atoms with E-state index < -0.39 is 0 Å². The molecule has 0 spiro atoms. The molecule has 1 aromatic carbocycles. The minimum Gasteiger partial charge on any atom is -0.367 e. The van der Waals surface area contributed by atoms with Crippen LogP contribution < -0.4 is 4.90 Å². The van der Waals surface area contributed by atoms with Crippen molar-refractivity contribution in [2.24, 2.45) is 0 Å². The number of thioether (sulfide) groups is 1. The van der Waals surface area contributed by atoms with Crippen molar-refractivity contribution in [1.82, 2.24) is 24.4 Å². The molecule has 2 atom stereocenters. The van der Waals surface area contributed by atoms with Crippen LogP contribution in [0.1, 0.15) is 30.7 Å². The lowest BCUT2D eigenvalue weighted by molar-refractivity contribution is 0.189. The Morgan fingerprint density at radius 3 is 3.14 bits per heavy atom. The molecule has 5 heterocycles. The van der Waals surface area contributed by atoms with Gasteiger partial charge >= 0.3 is 0 Å². The number of hydrogen-bond donors (Lipinski definition) is 0. The van der Waals surface area contributed by atoms with Crippen molar-refractivity contribution >= 4 is 28.6 Å². The van der Waals surface area contributed by atoms with Crippen molar-refractivity contribution in [1.29, 1.82) is 0 Å². The first-order chi connectivity index (χ1) is 14.4. The highest BCUT2D eigenvalue weighted by Crippen LogP contribution is 2.50. The van der Waals surface area contributed by atoms with Crippen LogP contribution in [0, 0.1) is 0 Å². The molecule has 2 aromatic heterocycles. The Morgan fingerprint density at radius 2 is 2.14 bits per heavy atom. The smallest absolute Gasteiger partial charge is 0.180 e. The average molecular weight is 407 g/mol. The van der Waals surface area contributed by atoms with Gasteiger partial charge in [-0.1, -0.05) is 12.1 Å². The number of likely N-dealkylation sites (tertiary alicyclic amines) is 1. The average Bonchev–Trinajstić information content (AvgIpc) is 3.22. The molecular formula is C22H26N6S. The van der Waals surface area contributed by atoms with Gasteiger partial charge in [0.2, 0.25) is 0 Å². The number of fused-ring (bicyclic) bond motifs is 4. The molecule has 0 unspecified atom stereocenters. The number of aromatic nitrogens is 4. The van der Waals surface area contributed by atoms with Gasteiger partial charge in [-0.3, -0.25) is 0 Å². The maximum atomic E-state index is 4.38. The summed E-state index contributed by atoms with van der Waals surface area (Å²) in [6, 6.07) is 7.70. The minimum absolute atomic E-state index is 0.667. The summed E-state index contributed by atoms with van der Waals surface area (Å²) >= 11 is 2.05. The van der Waals surface area contributed by atoms with Crippen LogP contribution in [0.15, 0.2) is 41.9 Å². The van der Waals surface area contributed by atoms with Crippen LogP contribution in [0.5, 0.6) is 0 Å². The normalized spacial score (nSPS) is 23.8.